The monoisotopic (exact) mass is 369 g/mol. The van der Waals surface area contributed by atoms with Crippen LogP contribution >= 0.6 is 0 Å². The van der Waals surface area contributed by atoms with Gasteiger partial charge in [-0.15, -0.1) is 6.58 Å². The summed E-state index contributed by atoms with van der Waals surface area (Å²) >= 11 is 0. The Morgan fingerprint density at radius 1 is 1.11 bits per heavy atom. The summed E-state index contributed by atoms with van der Waals surface area (Å²) in [5, 5.41) is 4.65. The molecule has 0 amide bonds. The lowest BCUT2D eigenvalue weighted by molar-refractivity contribution is 0.694. The molecule has 4 aromatic rings. The minimum Gasteiger partial charge on any atom is -0.325 e. The van der Waals surface area contributed by atoms with Crippen LogP contribution in [0.15, 0.2) is 74.0 Å². The molecular formula is C23H23N5. The Kier molecular flexibility index (Phi) is 4.89. The zero-order valence-electron chi connectivity index (χ0n) is 16.2. The molecule has 0 aliphatic carbocycles. The second kappa shape index (κ2) is 7.64. The minimum absolute atomic E-state index is 0.680. The highest BCUT2D eigenvalue weighted by molar-refractivity contribution is 5.79. The molecule has 0 unspecified atom stereocenters. The first kappa shape index (κ1) is 17.9. The Labute approximate surface area is 165 Å². The third-order valence-electron chi connectivity index (χ3n) is 4.88. The van der Waals surface area contributed by atoms with Crippen molar-refractivity contribution in [2.75, 3.05) is 0 Å². The van der Waals surface area contributed by atoms with Gasteiger partial charge in [0.05, 0.1) is 30.0 Å². The highest BCUT2D eigenvalue weighted by Crippen LogP contribution is 2.33. The maximum absolute atomic E-state index is 4.78. The molecule has 5 nitrogen and oxygen atoms in total. The van der Waals surface area contributed by atoms with Crippen LogP contribution in [-0.2, 0) is 13.1 Å². The lowest BCUT2D eigenvalue weighted by Crippen LogP contribution is -2.03. The molecule has 0 N–H and O–H groups in total. The van der Waals surface area contributed by atoms with Crippen LogP contribution in [0, 0.1) is 13.8 Å². The Hall–Kier alpha value is -3.47. The number of imidazole rings is 1. The molecule has 0 spiro atoms. The first-order chi connectivity index (χ1) is 13.7. The maximum Gasteiger partial charge on any atom is 0.0964 e. The van der Waals surface area contributed by atoms with Crippen molar-refractivity contribution in [1.29, 1.82) is 0 Å². The predicted octanol–water partition coefficient (Wildman–Crippen LogP) is 4.66. The third kappa shape index (κ3) is 3.39. The summed E-state index contributed by atoms with van der Waals surface area (Å²) in [4.78, 5) is 8.99. The van der Waals surface area contributed by atoms with Crippen molar-refractivity contribution in [3.05, 3.63) is 90.8 Å². The van der Waals surface area contributed by atoms with Gasteiger partial charge in [0.1, 0.15) is 0 Å². The Morgan fingerprint density at radius 2 is 1.93 bits per heavy atom. The van der Waals surface area contributed by atoms with Gasteiger partial charge in [0.2, 0.25) is 0 Å². The Bertz CT molecular complexity index is 1110. The fourth-order valence-electron chi connectivity index (χ4n) is 3.43. The van der Waals surface area contributed by atoms with Crippen LogP contribution in [0.4, 0.5) is 0 Å². The van der Waals surface area contributed by atoms with Gasteiger partial charge in [-0.2, -0.15) is 5.10 Å². The lowest BCUT2D eigenvalue weighted by atomic mass is 10.0. The summed E-state index contributed by atoms with van der Waals surface area (Å²) in [7, 11) is 0. The molecule has 0 bridgehead atoms. The van der Waals surface area contributed by atoms with Crippen molar-refractivity contribution in [3.63, 3.8) is 0 Å². The molecular weight excluding hydrogens is 346 g/mol. The molecule has 28 heavy (non-hydrogen) atoms. The van der Waals surface area contributed by atoms with E-state index in [4.69, 9.17) is 4.98 Å². The van der Waals surface area contributed by atoms with E-state index in [0.717, 1.165) is 34.8 Å². The second-order valence-electron chi connectivity index (χ2n) is 6.88. The normalized spacial score (nSPS) is 10.9. The van der Waals surface area contributed by atoms with E-state index in [2.05, 4.69) is 52.5 Å². The maximum atomic E-state index is 4.78. The molecule has 5 heteroatoms. The largest absolute Gasteiger partial charge is 0.325 e. The van der Waals surface area contributed by atoms with Crippen LogP contribution in [-0.4, -0.2) is 24.3 Å². The van der Waals surface area contributed by atoms with Gasteiger partial charge in [0, 0.05) is 36.3 Å². The van der Waals surface area contributed by atoms with Gasteiger partial charge >= 0.3 is 0 Å². The average Bonchev–Trinajstić information content (AvgIpc) is 3.27. The highest BCUT2D eigenvalue weighted by atomic mass is 15.3. The summed E-state index contributed by atoms with van der Waals surface area (Å²) < 4.78 is 4.12. The number of nitrogens with zero attached hydrogens (tertiary/aromatic N) is 5. The van der Waals surface area contributed by atoms with Gasteiger partial charge < -0.3 is 4.57 Å². The molecule has 0 atom stereocenters. The van der Waals surface area contributed by atoms with Crippen molar-refractivity contribution < 1.29 is 0 Å². The van der Waals surface area contributed by atoms with E-state index in [0.29, 0.717) is 6.54 Å². The first-order valence-corrected chi connectivity index (χ1v) is 9.32. The number of pyridine rings is 1. The number of allylic oxidation sites excluding steroid dienone is 1. The van der Waals surface area contributed by atoms with Crippen molar-refractivity contribution in [1.82, 2.24) is 24.3 Å². The number of aromatic nitrogens is 5. The topological polar surface area (TPSA) is 48.5 Å². The minimum atomic E-state index is 0.680. The van der Waals surface area contributed by atoms with Gasteiger partial charge in [-0.25, -0.2) is 4.98 Å². The molecule has 4 rings (SSSR count). The van der Waals surface area contributed by atoms with Gasteiger partial charge in [0.25, 0.3) is 0 Å². The second-order valence-corrected chi connectivity index (χ2v) is 6.88. The molecule has 0 fully saturated rings. The number of hydrogen-bond donors (Lipinski definition) is 0. The van der Waals surface area contributed by atoms with E-state index in [1.54, 1.807) is 0 Å². The smallest absolute Gasteiger partial charge is 0.0964 e. The van der Waals surface area contributed by atoms with Gasteiger partial charge in [-0.1, -0.05) is 36.4 Å². The quantitative estimate of drug-likeness (QED) is 0.465. The molecule has 1 aromatic carbocycles. The fourth-order valence-corrected chi connectivity index (χ4v) is 3.43. The van der Waals surface area contributed by atoms with E-state index in [1.165, 1.54) is 11.1 Å². The molecule has 0 saturated carbocycles. The number of benzene rings is 1. The SMILES string of the molecule is C=CCn1cc(-c2c(-c3ccccc3)ncn2Cc2ccncc2C)c(C)n1. The first-order valence-electron chi connectivity index (χ1n) is 9.32. The van der Waals surface area contributed by atoms with Crippen LogP contribution in [0.5, 0.6) is 0 Å². The molecule has 3 heterocycles. The highest BCUT2D eigenvalue weighted by Gasteiger charge is 2.19. The van der Waals surface area contributed by atoms with Crippen LogP contribution < -0.4 is 0 Å². The van der Waals surface area contributed by atoms with Crippen molar-refractivity contribution >= 4 is 0 Å². The van der Waals surface area contributed by atoms with E-state index < -0.39 is 0 Å². The fraction of sp³-hybridized carbons (Fsp3) is 0.174. The Morgan fingerprint density at radius 3 is 2.68 bits per heavy atom. The van der Waals surface area contributed by atoms with E-state index >= 15 is 0 Å². The van der Waals surface area contributed by atoms with E-state index in [1.807, 2.05) is 54.6 Å². The van der Waals surface area contributed by atoms with Gasteiger partial charge in [-0.3, -0.25) is 9.67 Å². The molecule has 0 saturated heterocycles. The van der Waals surface area contributed by atoms with E-state index in [-0.39, 0.29) is 0 Å². The number of hydrogen-bond acceptors (Lipinski definition) is 3. The van der Waals surface area contributed by atoms with Crippen molar-refractivity contribution in [2.45, 2.75) is 26.9 Å². The summed E-state index contributed by atoms with van der Waals surface area (Å²) in [5.74, 6) is 0. The number of aryl methyl sites for hydroxylation is 2. The van der Waals surface area contributed by atoms with Crippen molar-refractivity contribution in [3.8, 4) is 22.5 Å². The number of rotatable bonds is 6. The van der Waals surface area contributed by atoms with Crippen LogP contribution in [0.1, 0.15) is 16.8 Å². The predicted molar refractivity (Wildman–Crippen MR) is 112 cm³/mol. The molecule has 0 radical (unpaired) electrons. The molecule has 140 valence electrons. The standard InChI is InChI=1S/C23H23N5/c1-4-12-28-15-21(18(3)26-28)23-22(19-8-6-5-7-9-19)25-16-27(23)14-20-10-11-24-13-17(20)2/h4-11,13,15-16H,1,12,14H2,2-3H3. The summed E-state index contributed by atoms with van der Waals surface area (Å²) in [6.45, 7) is 9.36. The Balaban J connectivity index is 1.87. The zero-order chi connectivity index (χ0) is 19.5. The lowest BCUT2D eigenvalue weighted by Gasteiger charge is -2.11. The molecule has 0 aliphatic rings. The van der Waals surface area contributed by atoms with Gasteiger partial charge in [-0.05, 0) is 31.0 Å². The van der Waals surface area contributed by atoms with E-state index in [9.17, 15) is 0 Å². The van der Waals surface area contributed by atoms with Crippen LogP contribution in [0.25, 0.3) is 22.5 Å². The zero-order valence-corrected chi connectivity index (χ0v) is 16.2. The summed E-state index contributed by atoms with van der Waals surface area (Å²) in [6.07, 6.45) is 9.59. The molecule has 0 aliphatic heterocycles. The molecule has 3 aromatic heterocycles. The summed E-state index contributed by atoms with van der Waals surface area (Å²) in [6, 6.07) is 12.4. The van der Waals surface area contributed by atoms with Crippen LogP contribution in [0.2, 0.25) is 0 Å². The third-order valence-corrected chi connectivity index (χ3v) is 4.88. The summed E-state index contributed by atoms with van der Waals surface area (Å²) in [5.41, 5.74) is 7.60. The van der Waals surface area contributed by atoms with Gasteiger partial charge in [0.15, 0.2) is 0 Å². The average molecular weight is 369 g/mol. The van der Waals surface area contributed by atoms with Crippen molar-refractivity contribution in [2.24, 2.45) is 0 Å². The van der Waals surface area contributed by atoms with Crippen LogP contribution in [0.3, 0.4) is 0 Å².